The third kappa shape index (κ3) is 5.01. The first-order valence-corrected chi connectivity index (χ1v) is 20.1. The lowest BCUT2D eigenvalue weighted by atomic mass is 9.81. The number of aromatic nitrogens is 4. The standard InChI is InChI=1S/C54H36N4O/c1-54(2)41-24-12-9-20-37(41)38-29-28-35(32-42(38)54)36-23-15-26-44-48(36)39-21-10-13-25-43(39)58(44)45-30-31-47-49(40-22-11-14-27-46(40)59-47)50(45)53-56-51(33-16-5-3-6-17-33)55-52(57-53)34-18-7-4-8-19-34/h3-32H,1-2H3. The van der Waals surface area contributed by atoms with E-state index >= 15 is 0 Å². The lowest BCUT2D eigenvalue weighted by molar-refractivity contribution is 0.660. The molecule has 8 aromatic carbocycles. The van der Waals surface area contributed by atoms with Gasteiger partial charge in [0.25, 0.3) is 0 Å². The molecule has 5 heteroatoms. The summed E-state index contributed by atoms with van der Waals surface area (Å²) in [4.78, 5) is 15.7. The van der Waals surface area contributed by atoms with Crippen LogP contribution in [0.15, 0.2) is 186 Å². The van der Waals surface area contributed by atoms with E-state index in [1.165, 1.54) is 44.2 Å². The molecule has 1 aliphatic rings. The van der Waals surface area contributed by atoms with Gasteiger partial charge in [-0.3, -0.25) is 0 Å². The van der Waals surface area contributed by atoms with Gasteiger partial charge in [0.2, 0.25) is 0 Å². The maximum Gasteiger partial charge on any atom is 0.166 e. The van der Waals surface area contributed by atoms with Crippen LogP contribution < -0.4 is 0 Å². The number of furan rings is 1. The Balaban J connectivity index is 1.16. The van der Waals surface area contributed by atoms with Crippen molar-refractivity contribution in [3.05, 3.63) is 193 Å². The molecule has 0 atom stereocenters. The van der Waals surface area contributed by atoms with E-state index in [0.717, 1.165) is 55.3 Å². The number of fused-ring (bicyclic) bond motifs is 9. The van der Waals surface area contributed by atoms with Crippen LogP contribution in [0, 0.1) is 0 Å². The van der Waals surface area contributed by atoms with Crippen molar-refractivity contribution in [2.45, 2.75) is 19.3 Å². The quantitative estimate of drug-likeness (QED) is 0.175. The summed E-state index contributed by atoms with van der Waals surface area (Å²) in [6, 6.07) is 64.1. The van der Waals surface area contributed by atoms with E-state index in [0.29, 0.717) is 17.5 Å². The van der Waals surface area contributed by atoms with Gasteiger partial charge < -0.3 is 8.98 Å². The molecule has 0 saturated heterocycles. The van der Waals surface area contributed by atoms with Crippen molar-refractivity contribution in [1.29, 1.82) is 0 Å². The molecule has 0 fully saturated rings. The predicted octanol–water partition coefficient (Wildman–Crippen LogP) is 13.8. The molecule has 0 spiro atoms. The number of hydrogen-bond acceptors (Lipinski definition) is 4. The molecule has 0 bridgehead atoms. The maximum absolute atomic E-state index is 6.56. The fourth-order valence-electron chi connectivity index (χ4n) is 9.53. The van der Waals surface area contributed by atoms with Gasteiger partial charge in [-0.1, -0.05) is 159 Å². The molecule has 0 amide bonds. The summed E-state index contributed by atoms with van der Waals surface area (Å²) in [5, 5.41) is 4.34. The Hall–Kier alpha value is -7.63. The van der Waals surface area contributed by atoms with E-state index in [-0.39, 0.29) is 5.41 Å². The van der Waals surface area contributed by atoms with E-state index < -0.39 is 0 Å². The molecule has 278 valence electrons. The number of nitrogens with zero attached hydrogens (tertiary/aromatic N) is 4. The molecule has 12 rings (SSSR count). The molecular weight excluding hydrogens is 721 g/mol. The minimum Gasteiger partial charge on any atom is -0.456 e. The average Bonchev–Trinajstić information content (AvgIpc) is 3.92. The van der Waals surface area contributed by atoms with Crippen LogP contribution in [0.3, 0.4) is 0 Å². The van der Waals surface area contributed by atoms with Gasteiger partial charge in [-0.25, -0.2) is 15.0 Å². The summed E-state index contributed by atoms with van der Waals surface area (Å²) < 4.78 is 8.96. The molecule has 0 saturated carbocycles. The van der Waals surface area contributed by atoms with E-state index in [1.54, 1.807) is 0 Å². The van der Waals surface area contributed by atoms with Crippen LogP contribution in [0.2, 0.25) is 0 Å². The van der Waals surface area contributed by atoms with Crippen LogP contribution in [0.5, 0.6) is 0 Å². The lowest BCUT2D eigenvalue weighted by Gasteiger charge is -2.22. The van der Waals surface area contributed by atoms with Crippen molar-refractivity contribution >= 4 is 43.7 Å². The highest BCUT2D eigenvalue weighted by atomic mass is 16.3. The molecule has 3 aromatic heterocycles. The topological polar surface area (TPSA) is 56.7 Å². The highest BCUT2D eigenvalue weighted by molar-refractivity contribution is 6.18. The Morgan fingerprint density at radius 1 is 0.424 bits per heavy atom. The van der Waals surface area contributed by atoms with Crippen molar-refractivity contribution in [3.8, 4) is 62.1 Å². The van der Waals surface area contributed by atoms with Gasteiger partial charge in [0.1, 0.15) is 11.2 Å². The molecular formula is C54H36N4O. The second kappa shape index (κ2) is 12.7. The van der Waals surface area contributed by atoms with Gasteiger partial charge in [0.05, 0.1) is 22.3 Å². The smallest absolute Gasteiger partial charge is 0.166 e. The van der Waals surface area contributed by atoms with Gasteiger partial charge in [-0.15, -0.1) is 0 Å². The van der Waals surface area contributed by atoms with Crippen molar-refractivity contribution in [2.75, 3.05) is 0 Å². The summed E-state index contributed by atoms with van der Waals surface area (Å²) >= 11 is 0. The Morgan fingerprint density at radius 3 is 1.81 bits per heavy atom. The molecule has 0 radical (unpaired) electrons. The van der Waals surface area contributed by atoms with Crippen LogP contribution in [0.4, 0.5) is 0 Å². The van der Waals surface area contributed by atoms with E-state index in [4.69, 9.17) is 19.4 Å². The second-order valence-corrected chi connectivity index (χ2v) is 16.0. The minimum absolute atomic E-state index is 0.108. The summed E-state index contributed by atoms with van der Waals surface area (Å²) in [6.07, 6.45) is 0. The van der Waals surface area contributed by atoms with Gasteiger partial charge in [0, 0.05) is 38.1 Å². The molecule has 59 heavy (non-hydrogen) atoms. The second-order valence-electron chi connectivity index (χ2n) is 16.0. The highest BCUT2D eigenvalue weighted by Crippen LogP contribution is 2.51. The highest BCUT2D eigenvalue weighted by Gasteiger charge is 2.35. The largest absolute Gasteiger partial charge is 0.456 e. The first kappa shape index (κ1) is 33.5. The Morgan fingerprint density at radius 2 is 1.03 bits per heavy atom. The summed E-state index contributed by atoms with van der Waals surface area (Å²) in [5.41, 5.74) is 15.1. The molecule has 5 nitrogen and oxygen atoms in total. The van der Waals surface area contributed by atoms with E-state index in [1.807, 2.05) is 48.5 Å². The zero-order chi connectivity index (χ0) is 39.2. The van der Waals surface area contributed by atoms with Crippen molar-refractivity contribution < 1.29 is 4.42 Å². The van der Waals surface area contributed by atoms with Crippen LogP contribution in [0.1, 0.15) is 25.0 Å². The molecule has 0 N–H and O–H groups in total. The first-order valence-electron chi connectivity index (χ1n) is 20.1. The zero-order valence-corrected chi connectivity index (χ0v) is 32.5. The number of benzene rings is 8. The minimum atomic E-state index is -0.108. The summed E-state index contributed by atoms with van der Waals surface area (Å²) in [6.45, 7) is 4.69. The fourth-order valence-corrected chi connectivity index (χ4v) is 9.53. The molecule has 11 aromatic rings. The molecule has 1 aliphatic carbocycles. The van der Waals surface area contributed by atoms with Crippen LogP contribution in [-0.4, -0.2) is 19.5 Å². The summed E-state index contributed by atoms with van der Waals surface area (Å²) in [5.74, 6) is 1.79. The number of para-hydroxylation sites is 2. The van der Waals surface area contributed by atoms with E-state index in [9.17, 15) is 0 Å². The fraction of sp³-hybridized carbons (Fsp3) is 0.0556. The predicted molar refractivity (Wildman–Crippen MR) is 241 cm³/mol. The zero-order valence-electron chi connectivity index (χ0n) is 32.5. The molecule has 3 heterocycles. The van der Waals surface area contributed by atoms with E-state index in [2.05, 4.69) is 152 Å². The van der Waals surface area contributed by atoms with Crippen molar-refractivity contribution in [2.24, 2.45) is 0 Å². The monoisotopic (exact) mass is 756 g/mol. The van der Waals surface area contributed by atoms with Crippen LogP contribution >= 0.6 is 0 Å². The Bertz CT molecular complexity index is 3410. The normalized spacial score (nSPS) is 13.1. The average molecular weight is 757 g/mol. The van der Waals surface area contributed by atoms with Crippen molar-refractivity contribution in [3.63, 3.8) is 0 Å². The van der Waals surface area contributed by atoms with Crippen LogP contribution in [0.25, 0.3) is 106 Å². The molecule has 0 aliphatic heterocycles. The lowest BCUT2D eigenvalue weighted by Crippen LogP contribution is -2.14. The van der Waals surface area contributed by atoms with Crippen molar-refractivity contribution in [1.82, 2.24) is 19.5 Å². The third-order valence-corrected chi connectivity index (χ3v) is 12.3. The van der Waals surface area contributed by atoms with Gasteiger partial charge in [0.15, 0.2) is 17.5 Å². The first-order chi connectivity index (χ1) is 29.0. The van der Waals surface area contributed by atoms with Gasteiger partial charge in [-0.2, -0.15) is 0 Å². The Kier molecular flexibility index (Phi) is 7.20. The SMILES string of the molecule is CC1(C)c2ccccc2-c2ccc(-c3cccc4c3c3ccccc3n4-c3ccc4oc5ccccc5c4c3-c3nc(-c4ccccc4)nc(-c4ccccc4)n3)cc21. The third-order valence-electron chi connectivity index (χ3n) is 12.3. The van der Waals surface area contributed by atoms with Gasteiger partial charge >= 0.3 is 0 Å². The van der Waals surface area contributed by atoms with Gasteiger partial charge in [-0.05, 0) is 69.8 Å². The number of rotatable bonds is 5. The summed E-state index contributed by atoms with van der Waals surface area (Å²) in [7, 11) is 0. The number of hydrogen-bond donors (Lipinski definition) is 0. The molecule has 0 unspecified atom stereocenters. The van der Waals surface area contributed by atoms with Crippen LogP contribution in [-0.2, 0) is 5.41 Å². The maximum atomic E-state index is 6.56. The Labute approximate surface area is 340 Å².